The zero-order valence-electron chi connectivity index (χ0n) is 5.70. The third-order valence-electron chi connectivity index (χ3n) is 1.72. The third kappa shape index (κ3) is 1.61. The number of aliphatic hydroxyl groups is 2. The molecule has 60 valence electrons. The summed E-state index contributed by atoms with van der Waals surface area (Å²) in [6.07, 6.45) is -1.60. The molecule has 1 rings (SSSR count). The van der Waals surface area contributed by atoms with Gasteiger partial charge in [-0.2, -0.15) is 0 Å². The van der Waals surface area contributed by atoms with Crippen LogP contribution in [-0.4, -0.2) is 39.1 Å². The first-order chi connectivity index (χ1) is 4.63. The van der Waals surface area contributed by atoms with Crippen LogP contribution in [0.5, 0.6) is 0 Å². The second kappa shape index (κ2) is 3.34. The normalized spacial score (nSPS) is 49.2. The number of rotatable bonds is 0. The molecule has 0 bridgehead atoms. The van der Waals surface area contributed by atoms with E-state index in [0.717, 1.165) is 0 Å². The van der Waals surface area contributed by atoms with Gasteiger partial charge in [-0.15, -0.1) is 0 Å². The Morgan fingerprint density at radius 3 is 2.50 bits per heavy atom. The summed E-state index contributed by atoms with van der Waals surface area (Å²) in [5, 5.41) is 18.5. The number of halogens is 1. The minimum Gasteiger partial charge on any atom is -0.389 e. The molecule has 10 heavy (non-hydrogen) atoms. The van der Waals surface area contributed by atoms with Gasteiger partial charge in [-0.3, -0.25) is 0 Å². The molecule has 4 heteroatoms. The summed E-state index contributed by atoms with van der Waals surface area (Å²) >= 11 is 2.07. The molecular formula is C6H11IO3. The van der Waals surface area contributed by atoms with Gasteiger partial charge >= 0.3 is 0 Å². The van der Waals surface area contributed by atoms with Gasteiger partial charge in [-0.05, 0) is 6.92 Å². The van der Waals surface area contributed by atoms with Crippen LogP contribution in [0.1, 0.15) is 6.92 Å². The van der Waals surface area contributed by atoms with E-state index in [9.17, 15) is 10.2 Å². The largest absolute Gasteiger partial charge is 0.389 e. The van der Waals surface area contributed by atoms with Gasteiger partial charge in [-0.1, -0.05) is 22.6 Å². The highest BCUT2D eigenvalue weighted by Crippen LogP contribution is 2.20. The number of aliphatic hydroxyl groups excluding tert-OH is 2. The quantitative estimate of drug-likeness (QED) is 0.472. The van der Waals surface area contributed by atoms with Crippen molar-refractivity contribution in [3.63, 3.8) is 0 Å². The minimum atomic E-state index is -0.726. The van der Waals surface area contributed by atoms with E-state index in [4.69, 9.17) is 4.74 Å². The molecule has 1 saturated heterocycles. The SMILES string of the molecule is C[C@@H]1OC[C@H](I)[C@H](O)[C@H]1O. The van der Waals surface area contributed by atoms with E-state index in [-0.39, 0.29) is 10.0 Å². The molecule has 1 fully saturated rings. The lowest BCUT2D eigenvalue weighted by Crippen LogP contribution is -2.49. The van der Waals surface area contributed by atoms with Gasteiger partial charge in [0, 0.05) is 0 Å². The average Bonchev–Trinajstić information content (AvgIpc) is 1.93. The molecule has 1 aliphatic rings. The van der Waals surface area contributed by atoms with Crippen molar-refractivity contribution in [1.82, 2.24) is 0 Å². The van der Waals surface area contributed by atoms with Gasteiger partial charge in [0.1, 0.15) is 6.10 Å². The number of hydrogen-bond donors (Lipinski definition) is 2. The molecule has 0 unspecified atom stereocenters. The monoisotopic (exact) mass is 258 g/mol. The van der Waals surface area contributed by atoms with Crippen molar-refractivity contribution in [2.24, 2.45) is 0 Å². The second-order valence-electron chi connectivity index (χ2n) is 2.54. The summed E-state index contributed by atoms with van der Waals surface area (Å²) in [6.45, 7) is 2.29. The van der Waals surface area contributed by atoms with Crippen molar-refractivity contribution in [1.29, 1.82) is 0 Å². The van der Waals surface area contributed by atoms with Crippen LogP contribution in [0.3, 0.4) is 0 Å². The Kier molecular flexibility index (Phi) is 2.91. The predicted molar refractivity (Wildman–Crippen MR) is 45.2 cm³/mol. The third-order valence-corrected chi connectivity index (χ3v) is 2.82. The smallest absolute Gasteiger partial charge is 0.107 e. The first kappa shape index (κ1) is 8.70. The highest BCUT2D eigenvalue weighted by molar-refractivity contribution is 14.1. The molecule has 2 N–H and O–H groups in total. The zero-order valence-corrected chi connectivity index (χ0v) is 7.85. The molecule has 3 nitrogen and oxygen atoms in total. The Hall–Kier alpha value is 0.610. The zero-order chi connectivity index (χ0) is 7.72. The lowest BCUT2D eigenvalue weighted by atomic mass is 10.0. The summed E-state index contributed by atoms with van der Waals surface area (Å²) in [6, 6.07) is 0. The summed E-state index contributed by atoms with van der Waals surface area (Å²) in [7, 11) is 0. The van der Waals surface area contributed by atoms with Gasteiger partial charge in [0.25, 0.3) is 0 Å². The van der Waals surface area contributed by atoms with Crippen LogP contribution < -0.4 is 0 Å². The highest BCUT2D eigenvalue weighted by Gasteiger charge is 2.34. The first-order valence-electron chi connectivity index (χ1n) is 3.24. The lowest BCUT2D eigenvalue weighted by Gasteiger charge is -2.33. The van der Waals surface area contributed by atoms with Gasteiger partial charge < -0.3 is 14.9 Å². The van der Waals surface area contributed by atoms with Gasteiger partial charge in [-0.25, -0.2) is 0 Å². The molecule has 0 aromatic rings. The van der Waals surface area contributed by atoms with Crippen LogP contribution in [0.15, 0.2) is 0 Å². The fraction of sp³-hybridized carbons (Fsp3) is 1.00. The first-order valence-corrected chi connectivity index (χ1v) is 4.49. The van der Waals surface area contributed by atoms with Crippen molar-refractivity contribution in [3.05, 3.63) is 0 Å². The predicted octanol–water partition coefficient (Wildman–Crippen LogP) is -0.0695. The van der Waals surface area contributed by atoms with Crippen LogP contribution in [0.4, 0.5) is 0 Å². The van der Waals surface area contributed by atoms with Crippen LogP contribution in [0, 0.1) is 0 Å². The number of ether oxygens (including phenoxy) is 1. The fourth-order valence-corrected chi connectivity index (χ4v) is 1.57. The maximum atomic E-state index is 9.28. The maximum absolute atomic E-state index is 9.28. The molecule has 0 saturated carbocycles. The van der Waals surface area contributed by atoms with Gasteiger partial charge in [0.05, 0.1) is 22.7 Å². The topological polar surface area (TPSA) is 49.7 Å². The molecular weight excluding hydrogens is 247 g/mol. The van der Waals surface area contributed by atoms with E-state index in [0.29, 0.717) is 6.61 Å². The van der Waals surface area contributed by atoms with Crippen molar-refractivity contribution in [2.75, 3.05) is 6.61 Å². The van der Waals surface area contributed by atoms with Crippen LogP contribution in [0.2, 0.25) is 0 Å². The standard InChI is InChI=1S/C6H11IO3/c1-3-5(8)6(9)4(7)2-10-3/h3-6,8-9H,2H2,1H3/t3-,4-,5-,6-/m0/s1. The van der Waals surface area contributed by atoms with Crippen molar-refractivity contribution < 1.29 is 14.9 Å². The van der Waals surface area contributed by atoms with E-state index in [1.54, 1.807) is 6.92 Å². The van der Waals surface area contributed by atoms with Crippen LogP contribution in [-0.2, 0) is 4.74 Å². The Bertz CT molecular complexity index is 106. The summed E-state index contributed by atoms with van der Waals surface area (Å²) in [4.78, 5) is 0. The van der Waals surface area contributed by atoms with Crippen LogP contribution in [0.25, 0.3) is 0 Å². The van der Waals surface area contributed by atoms with Crippen molar-refractivity contribution in [2.45, 2.75) is 29.2 Å². The highest BCUT2D eigenvalue weighted by atomic mass is 127. The van der Waals surface area contributed by atoms with Crippen LogP contribution >= 0.6 is 22.6 Å². The summed E-state index contributed by atoms with van der Waals surface area (Å²) < 4.78 is 5.17. The Morgan fingerprint density at radius 2 is 2.00 bits per heavy atom. The van der Waals surface area contributed by atoms with Crippen molar-refractivity contribution >= 4 is 22.6 Å². The Balaban J connectivity index is 2.52. The number of alkyl halides is 1. The summed E-state index contributed by atoms with van der Waals surface area (Å²) in [5.41, 5.74) is 0. The van der Waals surface area contributed by atoms with E-state index in [2.05, 4.69) is 22.6 Å². The number of hydrogen-bond acceptors (Lipinski definition) is 3. The van der Waals surface area contributed by atoms with E-state index in [1.165, 1.54) is 0 Å². The minimum absolute atomic E-state index is 0.0174. The second-order valence-corrected chi connectivity index (χ2v) is 4.14. The van der Waals surface area contributed by atoms with E-state index in [1.807, 2.05) is 0 Å². The molecule has 0 amide bonds. The molecule has 4 atom stereocenters. The van der Waals surface area contributed by atoms with Gasteiger partial charge in [0.2, 0.25) is 0 Å². The van der Waals surface area contributed by atoms with E-state index >= 15 is 0 Å². The van der Waals surface area contributed by atoms with Gasteiger partial charge in [0.15, 0.2) is 0 Å². The molecule has 0 spiro atoms. The van der Waals surface area contributed by atoms with Crippen molar-refractivity contribution in [3.8, 4) is 0 Å². The molecule has 0 aromatic heterocycles. The molecule has 0 aliphatic carbocycles. The lowest BCUT2D eigenvalue weighted by molar-refractivity contribution is -0.120. The molecule has 1 aliphatic heterocycles. The van der Waals surface area contributed by atoms with E-state index < -0.39 is 12.2 Å². The Labute approximate surface area is 73.5 Å². The molecule has 0 aromatic carbocycles. The maximum Gasteiger partial charge on any atom is 0.107 e. The Morgan fingerprint density at radius 1 is 1.40 bits per heavy atom. The fourth-order valence-electron chi connectivity index (χ4n) is 0.933. The molecule has 1 heterocycles. The molecule has 0 radical (unpaired) electrons. The summed E-state index contributed by atoms with van der Waals surface area (Å²) in [5.74, 6) is 0. The average molecular weight is 258 g/mol.